The zero-order valence-corrected chi connectivity index (χ0v) is 12.9. The molecule has 0 aliphatic carbocycles. The Kier molecular flexibility index (Phi) is 5.49. The summed E-state index contributed by atoms with van der Waals surface area (Å²) in [6.07, 6.45) is 1.97. The van der Waals surface area contributed by atoms with Crippen molar-refractivity contribution in [2.75, 3.05) is 24.0 Å². The fourth-order valence-electron chi connectivity index (χ4n) is 1.49. The third kappa shape index (κ3) is 4.01. The fraction of sp³-hybridized carbons (Fsp3) is 0.308. The maximum absolute atomic E-state index is 12.1. The van der Waals surface area contributed by atoms with E-state index >= 15 is 0 Å². The van der Waals surface area contributed by atoms with Crippen molar-refractivity contribution in [2.45, 2.75) is 11.0 Å². The number of anilines is 1. The average molecular weight is 309 g/mol. The van der Waals surface area contributed by atoms with E-state index in [2.05, 4.69) is 10.2 Å². The minimum absolute atomic E-state index is 0.00850. The molecule has 7 heteroatoms. The summed E-state index contributed by atoms with van der Waals surface area (Å²) in [6.45, 7) is 0. The second-order valence-electron chi connectivity index (χ2n) is 3.97. The molecule has 0 saturated carbocycles. The summed E-state index contributed by atoms with van der Waals surface area (Å²) in [6, 6.07) is 9.51. The molecule has 106 valence electrons. The van der Waals surface area contributed by atoms with Gasteiger partial charge in [0, 0.05) is 12.7 Å². The standard InChI is InChI=1S/C13H15N3O2S2/c1-16(10-6-4-3-5-7-10)12(17)9-20-13-15-14-11(18-13)8-19-2/h3-7H,8-9H2,1-2H3. The molecule has 0 bridgehead atoms. The van der Waals surface area contributed by atoms with Crippen LogP contribution in [-0.2, 0) is 10.5 Å². The van der Waals surface area contributed by atoms with Crippen LogP contribution in [0.15, 0.2) is 40.0 Å². The number of rotatable bonds is 6. The van der Waals surface area contributed by atoms with E-state index in [0.29, 0.717) is 16.9 Å². The highest BCUT2D eigenvalue weighted by Crippen LogP contribution is 2.19. The van der Waals surface area contributed by atoms with Crippen molar-refractivity contribution in [2.24, 2.45) is 0 Å². The molecule has 1 heterocycles. The second-order valence-corrected chi connectivity index (χ2v) is 5.76. The quantitative estimate of drug-likeness (QED) is 0.765. The Balaban J connectivity index is 1.88. The van der Waals surface area contributed by atoms with Crippen molar-refractivity contribution in [1.29, 1.82) is 0 Å². The van der Waals surface area contributed by atoms with Crippen molar-refractivity contribution in [3.8, 4) is 0 Å². The first-order chi connectivity index (χ1) is 9.70. The van der Waals surface area contributed by atoms with Gasteiger partial charge in [0.15, 0.2) is 0 Å². The van der Waals surface area contributed by atoms with Crippen LogP contribution in [0.2, 0.25) is 0 Å². The highest BCUT2D eigenvalue weighted by atomic mass is 32.2. The van der Waals surface area contributed by atoms with Gasteiger partial charge in [-0.15, -0.1) is 10.2 Å². The maximum Gasteiger partial charge on any atom is 0.277 e. The van der Waals surface area contributed by atoms with E-state index in [0.717, 1.165) is 5.69 Å². The summed E-state index contributed by atoms with van der Waals surface area (Å²) in [5, 5.41) is 8.24. The van der Waals surface area contributed by atoms with Gasteiger partial charge in [-0.05, 0) is 18.4 Å². The second kappa shape index (κ2) is 7.35. The van der Waals surface area contributed by atoms with Crippen LogP contribution in [-0.4, -0.2) is 35.2 Å². The number of benzene rings is 1. The van der Waals surface area contributed by atoms with Crippen molar-refractivity contribution >= 4 is 35.1 Å². The minimum atomic E-state index is -0.00850. The monoisotopic (exact) mass is 309 g/mol. The van der Waals surface area contributed by atoms with Crippen LogP contribution in [0.3, 0.4) is 0 Å². The number of carbonyl (C=O) groups excluding carboxylic acids is 1. The molecule has 0 fully saturated rings. The van der Waals surface area contributed by atoms with Crippen LogP contribution in [0.1, 0.15) is 5.89 Å². The lowest BCUT2D eigenvalue weighted by atomic mass is 10.3. The van der Waals surface area contributed by atoms with Crippen LogP contribution >= 0.6 is 23.5 Å². The van der Waals surface area contributed by atoms with Crippen LogP contribution in [0.4, 0.5) is 5.69 Å². The largest absolute Gasteiger partial charge is 0.415 e. The van der Waals surface area contributed by atoms with E-state index in [4.69, 9.17) is 4.42 Å². The van der Waals surface area contributed by atoms with E-state index in [-0.39, 0.29) is 11.7 Å². The van der Waals surface area contributed by atoms with E-state index in [1.807, 2.05) is 36.6 Å². The SMILES string of the molecule is CSCc1nnc(SCC(=O)N(C)c2ccccc2)o1. The summed E-state index contributed by atoms with van der Waals surface area (Å²) < 4.78 is 5.41. The molecule has 1 aromatic heterocycles. The molecular formula is C13H15N3O2S2. The van der Waals surface area contributed by atoms with E-state index in [9.17, 15) is 4.79 Å². The summed E-state index contributed by atoms with van der Waals surface area (Å²) in [7, 11) is 1.76. The molecule has 0 aliphatic heterocycles. The molecule has 0 atom stereocenters. The van der Waals surface area contributed by atoms with Gasteiger partial charge < -0.3 is 9.32 Å². The third-order valence-electron chi connectivity index (χ3n) is 2.55. The first-order valence-corrected chi connectivity index (χ1v) is 8.34. The average Bonchev–Trinajstić information content (AvgIpc) is 2.93. The number of carbonyl (C=O) groups is 1. The topological polar surface area (TPSA) is 59.2 Å². The Morgan fingerprint density at radius 2 is 2.05 bits per heavy atom. The predicted molar refractivity (Wildman–Crippen MR) is 82.1 cm³/mol. The number of amides is 1. The van der Waals surface area contributed by atoms with Crippen LogP contribution in [0.5, 0.6) is 0 Å². The predicted octanol–water partition coefficient (Wildman–Crippen LogP) is 2.69. The van der Waals surface area contributed by atoms with Crippen molar-refractivity contribution in [3.05, 3.63) is 36.2 Å². The highest BCUT2D eigenvalue weighted by molar-refractivity contribution is 7.99. The van der Waals surface area contributed by atoms with Gasteiger partial charge in [-0.2, -0.15) is 11.8 Å². The van der Waals surface area contributed by atoms with Gasteiger partial charge in [0.2, 0.25) is 11.8 Å². The minimum Gasteiger partial charge on any atom is -0.415 e. The number of para-hydroxylation sites is 1. The molecule has 0 radical (unpaired) electrons. The lowest BCUT2D eigenvalue weighted by Gasteiger charge is -2.16. The van der Waals surface area contributed by atoms with Gasteiger partial charge in [-0.3, -0.25) is 4.79 Å². The van der Waals surface area contributed by atoms with Crippen LogP contribution in [0, 0.1) is 0 Å². The molecule has 20 heavy (non-hydrogen) atoms. The third-order valence-corrected chi connectivity index (χ3v) is 3.89. The normalized spacial score (nSPS) is 10.5. The Hall–Kier alpha value is -1.47. The van der Waals surface area contributed by atoms with E-state index in [1.54, 1.807) is 23.7 Å². The van der Waals surface area contributed by atoms with E-state index < -0.39 is 0 Å². The molecule has 1 amide bonds. The van der Waals surface area contributed by atoms with Gasteiger partial charge in [0.05, 0.1) is 11.5 Å². The summed E-state index contributed by atoms with van der Waals surface area (Å²) in [5.41, 5.74) is 0.867. The molecule has 0 N–H and O–H groups in total. The zero-order chi connectivity index (χ0) is 14.4. The van der Waals surface area contributed by atoms with Crippen LogP contribution in [0.25, 0.3) is 0 Å². The Morgan fingerprint density at radius 1 is 1.30 bits per heavy atom. The van der Waals surface area contributed by atoms with Crippen LogP contribution < -0.4 is 4.90 Å². The maximum atomic E-state index is 12.1. The summed E-state index contributed by atoms with van der Waals surface area (Å²) >= 11 is 2.87. The fourth-order valence-corrected chi connectivity index (χ4v) is 2.55. The highest BCUT2D eigenvalue weighted by Gasteiger charge is 2.13. The Labute approximate surface area is 126 Å². The number of hydrogen-bond donors (Lipinski definition) is 0. The first kappa shape index (κ1) is 14.9. The smallest absolute Gasteiger partial charge is 0.277 e. The van der Waals surface area contributed by atoms with Crippen molar-refractivity contribution in [3.63, 3.8) is 0 Å². The van der Waals surface area contributed by atoms with Gasteiger partial charge >= 0.3 is 0 Å². The molecule has 1 aromatic carbocycles. The molecule has 0 spiro atoms. The van der Waals surface area contributed by atoms with Gasteiger partial charge in [0.25, 0.3) is 5.22 Å². The lowest BCUT2D eigenvalue weighted by molar-refractivity contribution is -0.115. The molecule has 2 rings (SSSR count). The molecule has 2 aromatic rings. The molecular weight excluding hydrogens is 294 g/mol. The number of thioether (sulfide) groups is 2. The van der Waals surface area contributed by atoms with Gasteiger partial charge in [-0.1, -0.05) is 30.0 Å². The number of hydrogen-bond acceptors (Lipinski definition) is 6. The van der Waals surface area contributed by atoms with E-state index in [1.165, 1.54) is 11.8 Å². The molecule has 0 unspecified atom stereocenters. The Bertz CT molecular complexity index is 560. The van der Waals surface area contributed by atoms with Gasteiger partial charge in [-0.25, -0.2) is 0 Å². The number of nitrogens with zero attached hydrogens (tertiary/aromatic N) is 3. The molecule has 0 saturated heterocycles. The molecule has 5 nitrogen and oxygen atoms in total. The summed E-state index contributed by atoms with van der Waals surface area (Å²) in [4.78, 5) is 13.7. The first-order valence-electron chi connectivity index (χ1n) is 5.96. The van der Waals surface area contributed by atoms with Crippen molar-refractivity contribution < 1.29 is 9.21 Å². The Morgan fingerprint density at radius 3 is 2.75 bits per heavy atom. The summed E-state index contributed by atoms with van der Waals surface area (Å²) in [5.74, 6) is 1.53. The number of aromatic nitrogens is 2. The lowest BCUT2D eigenvalue weighted by Crippen LogP contribution is -2.27. The van der Waals surface area contributed by atoms with Gasteiger partial charge in [0.1, 0.15) is 0 Å². The zero-order valence-electron chi connectivity index (χ0n) is 11.3. The molecule has 0 aliphatic rings. The van der Waals surface area contributed by atoms with Crippen molar-refractivity contribution in [1.82, 2.24) is 10.2 Å².